The van der Waals surface area contributed by atoms with Gasteiger partial charge in [0.05, 0.1) is 35.8 Å². The molecule has 126 valence electrons. The topological polar surface area (TPSA) is 78.5 Å². The van der Waals surface area contributed by atoms with E-state index in [0.29, 0.717) is 17.7 Å². The molecule has 3 rings (SSSR count). The Hall–Kier alpha value is -2.80. The largest absolute Gasteiger partial charge is 0.508 e. The third-order valence-corrected chi connectivity index (χ3v) is 3.81. The molecule has 0 radical (unpaired) electrons. The van der Waals surface area contributed by atoms with E-state index in [1.165, 1.54) is 0 Å². The van der Waals surface area contributed by atoms with Gasteiger partial charge in [0, 0.05) is 18.2 Å². The predicted molar refractivity (Wildman–Crippen MR) is 88.4 cm³/mol. The second-order valence-electron chi connectivity index (χ2n) is 5.37. The number of methoxy groups -OCH3 is 1. The summed E-state index contributed by atoms with van der Waals surface area (Å²) in [6, 6.07) is 4.94. The molecule has 0 fully saturated rings. The van der Waals surface area contributed by atoms with Crippen LogP contribution in [0.5, 0.6) is 5.75 Å². The van der Waals surface area contributed by atoms with E-state index >= 15 is 0 Å². The first-order valence-electron chi connectivity index (χ1n) is 7.59. The predicted octanol–water partition coefficient (Wildman–Crippen LogP) is 2.62. The number of hydrogen-bond acceptors (Lipinski definition) is 5. The van der Waals surface area contributed by atoms with Crippen molar-refractivity contribution < 1.29 is 19.4 Å². The summed E-state index contributed by atoms with van der Waals surface area (Å²) >= 11 is 0. The van der Waals surface area contributed by atoms with Crippen LogP contribution < -0.4 is 0 Å². The molecule has 1 N–H and O–H groups in total. The van der Waals surface area contributed by atoms with Crippen LogP contribution in [-0.2, 0) is 16.2 Å². The third kappa shape index (κ3) is 2.63. The minimum atomic E-state index is -0.409. The maximum Gasteiger partial charge on any atom is 0.340 e. The Kier molecular flexibility index (Phi) is 4.26. The van der Waals surface area contributed by atoms with E-state index in [1.807, 2.05) is 17.7 Å². The van der Waals surface area contributed by atoms with Crippen LogP contribution in [0, 0.1) is 6.92 Å². The van der Waals surface area contributed by atoms with Gasteiger partial charge in [-0.05, 0) is 32.0 Å². The van der Waals surface area contributed by atoms with Gasteiger partial charge in [0.15, 0.2) is 0 Å². The van der Waals surface area contributed by atoms with E-state index in [-0.39, 0.29) is 12.4 Å². The zero-order valence-electron chi connectivity index (χ0n) is 13.8. The molecule has 2 heterocycles. The molecule has 3 aromatic rings. The van der Waals surface area contributed by atoms with Crippen molar-refractivity contribution in [2.75, 3.05) is 13.7 Å². The average Bonchev–Trinajstić information content (AvgIpc) is 3.09. The maximum absolute atomic E-state index is 12.4. The van der Waals surface area contributed by atoms with Gasteiger partial charge in [0.2, 0.25) is 0 Å². The van der Waals surface area contributed by atoms with Crippen LogP contribution in [0.3, 0.4) is 0 Å². The van der Waals surface area contributed by atoms with Crippen molar-refractivity contribution >= 4 is 16.9 Å². The standard InChI is InChI=1S/C17H19N3O4/c1-4-24-17(22)16-11(2)20(12-8-18-19(9-12)10-23-3)15-6-5-13(21)7-14(15)16/h5-9,21H,4,10H2,1-3H3. The molecule has 7 nitrogen and oxygen atoms in total. The fourth-order valence-electron chi connectivity index (χ4n) is 2.87. The molecule has 1 aromatic carbocycles. The number of benzene rings is 1. The molecule has 0 aliphatic heterocycles. The number of ether oxygens (including phenoxy) is 2. The molecule has 2 aromatic heterocycles. The maximum atomic E-state index is 12.4. The molecular formula is C17H19N3O4. The van der Waals surface area contributed by atoms with Gasteiger partial charge in [-0.3, -0.25) is 0 Å². The van der Waals surface area contributed by atoms with E-state index in [2.05, 4.69) is 5.10 Å². The quantitative estimate of drug-likeness (QED) is 0.728. The number of carbonyl (C=O) groups is 1. The van der Waals surface area contributed by atoms with Gasteiger partial charge in [-0.1, -0.05) is 0 Å². The molecular weight excluding hydrogens is 310 g/mol. The lowest BCUT2D eigenvalue weighted by atomic mass is 10.1. The summed E-state index contributed by atoms with van der Waals surface area (Å²) in [6.07, 6.45) is 3.53. The van der Waals surface area contributed by atoms with Crippen molar-refractivity contribution in [3.05, 3.63) is 41.9 Å². The highest BCUT2D eigenvalue weighted by Crippen LogP contribution is 2.32. The molecule has 0 atom stereocenters. The Bertz CT molecular complexity index is 895. The lowest BCUT2D eigenvalue weighted by molar-refractivity contribution is 0.0527. The number of rotatable bonds is 5. The van der Waals surface area contributed by atoms with E-state index < -0.39 is 5.97 Å². The van der Waals surface area contributed by atoms with Crippen LogP contribution in [0.25, 0.3) is 16.6 Å². The van der Waals surface area contributed by atoms with E-state index in [1.54, 1.807) is 43.1 Å². The van der Waals surface area contributed by atoms with Gasteiger partial charge in [0.1, 0.15) is 12.5 Å². The number of fused-ring (bicyclic) bond motifs is 1. The summed E-state index contributed by atoms with van der Waals surface area (Å²) in [6.45, 7) is 4.23. The normalized spacial score (nSPS) is 11.1. The smallest absolute Gasteiger partial charge is 0.340 e. The highest BCUT2D eigenvalue weighted by Gasteiger charge is 2.22. The summed E-state index contributed by atoms with van der Waals surface area (Å²) in [5.41, 5.74) is 2.77. The van der Waals surface area contributed by atoms with Crippen molar-refractivity contribution in [2.24, 2.45) is 0 Å². The molecule has 0 aliphatic rings. The van der Waals surface area contributed by atoms with Crippen LogP contribution >= 0.6 is 0 Å². The zero-order valence-corrected chi connectivity index (χ0v) is 13.8. The molecule has 0 bridgehead atoms. The van der Waals surface area contributed by atoms with Crippen LogP contribution in [0.15, 0.2) is 30.6 Å². The number of nitrogens with zero attached hydrogens (tertiary/aromatic N) is 3. The SMILES string of the molecule is CCOC(=O)c1c(C)n(-c2cnn(COC)c2)c2ccc(O)cc12. The van der Waals surface area contributed by atoms with Crippen LogP contribution in [-0.4, -0.2) is 39.1 Å². The Morgan fingerprint density at radius 3 is 2.88 bits per heavy atom. The van der Waals surface area contributed by atoms with Crippen LogP contribution in [0.2, 0.25) is 0 Å². The number of carbonyl (C=O) groups excluding carboxylic acids is 1. The Balaban J connectivity index is 2.23. The zero-order chi connectivity index (χ0) is 17.3. The molecule has 0 aliphatic carbocycles. The highest BCUT2D eigenvalue weighted by atomic mass is 16.5. The minimum Gasteiger partial charge on any atom is -0.508 e. The molecule has 0 unspecified atom stereocenters. The Morgan fingerprint density at radius 1 is 1.38 bits per heavy atom. The fourth-order valence-corrected chi connectivity index (χ4v) is 2.87. The Labute approximate surface area is 139 Å². The van der Waals surface area contributed by atoms with E-state index in [4.69, 9.17) is 9.47 Å². The fraction of sp³-hybridized carbons (Fsp3) is 0.294. The van der Waals surface area contributed by atoms with Crippen molar-refractivity contribution in [3.8, 4) is 11.4 Å². The Morgan fingerprint density at radius 2 is 2.17 bits per heavy atom. The summed E-state index contributed by atoms with van der Waals surface area (Å²) < 4.78 is 13.8. The van der Waals surface area contributed by atoms with Gasteiger partial charge < -0.3 is 19.1 Å². The van der Waals surface area contributed by atoms with Crippen LogP contribution in [0.4, 0.5) is 0 Å². The number of aromatic nitrogens is 3. The highest BCUT2D eigenvalue weighted by molar-refractivity contribution is 6.06. The molecule has 7 heteroatoms. The second-order valence-corrected chi connectivity index (χ2v) is 5.37. The number of phenolic OH excluding ortho intramolecular Hbond substituents is 1. The molecule has 0 saturated carbocycles. The van der Waals surface area contributed by atoms with Crippen molar-refractivity contribution in [1.29, 1.82) is 0 Å². The van der Waals surface area contributed by atoms with Gasteiger partial charge in [-0.15, -0.1) is 0 Å². The second kappa shape index (κ2) is 6.37. The van der Waals surface area contributed by atoms with Crippen molar-refractivity contribution in [1.82, 2.24) is 14.3 Å². The summed E-state index contributed by atoms with van der Waals surface area (Å²) in [4.78, 5) is 12.4. The minimum absolute atomic E-state index is 0.0975. The van der Waals surface area contributed by atoms with E-state index in [9.17, 15) is 9.90 Å². The average molecular weight is 329 g/mol. The third-order valence-electron chi connectivity index (χ3n) is 3.81. The van der Waals surface area contributed by atoms with Gasteiger partial charge in [0.25, 0.3) is 0 Å². The van der Waals surface area contributed by atoms with Gasteiger partial charge in [-0.25, -0.2) is 9.48 Å². The number of phenols is 1. The first kappa shape index (κ1) is 16.1. The monoisotopic (exact) mass is 329 g/mol. The number of aromatic hydroxyl groups is 1. The summed E-state index contributed by atoms with van der Waals surface area (Å²) in [5, 5.41) is 14.7. The van der Waals surface area contributed by atoms with Crippen molar-refractivity contribution in [2.45, 2.75) is 20.6 Å². The van der Waals surface area contributed by atoms with Gasteiger partial charge in [-0.2, -0.15) is 5.10 Å². The van der Waals surface area contributed by atoms with E-state index in [0.717, 1.165) is 16.9 Å². The molecule has 0 amide bonds. The molecule has 0 spiro atoms. The first-order chi connectivity index (χ1) is 11.6. The number of esters is 1. The first-order valence-corrected chi connectivity index (χ1v) is 7.59. The van der Waals surface area contributed by atoms with Crippen LogP contribution in [0.1, 0.15) is 23.0 Å². The summed E-state index contributed by atoms with van der Waals surface area (Å²) in [5.74, 6) is -0.311. The summed E-state index contributed by atoms with van der Waals surface area (Å²) in [7, 11) is 1.60. The van der Waals surface area contributed by atoms with Gasteiger partial charge >= 0.3 is 5.97 Å². The molecule has 24 heavy (non-hydrogen) atoms. The van der Waals surface area contributed by atoms with Crippen molar-refractivity contribution in [3.63, 3.8) is 0 Å². The lowest BCUT2D eigenvalue weighted by Crippen LogP contribution is -2.07. The number of hydrogen-bond donors (Lipinski definition) is 1. The molecule has 0 saturated heterocycles. The lowest BCUT2D eigenvalue weighted by Gasteiger charge is -2.06.